The van der Waals surface area contributed by atoms with Gasteiger partial charge in [-0.25, -0.2) is 0 Å². The molecular formula is C20H30N2O. The summed E-state index contributed by atoms with van der Waals surface area (Å²) in [7, 11) is 0. The normalized spacial score (nSPS) is 27.9. The highest BCUT2D eigenvalue weighted by atomic mass is 16.1. The molecule has 0 radical (unpaired) electrons. The number of hydrogen-bond donors (Lipinski definition) is 1. The third kappa shape index (κ3) is 3.95. The second-order valence-electron chi connectivity index (χ2n) is 7.84. The molecule has 0 aromatic heterocycles. The van der Waals surface area contributed by atoms with Crippen molar-refractivity contribution in [2.24, 2.45) is 5.92 Å². The average Bonchev–Trinajstić information content (AvgIpc) is 2.48. The van der Waals surface area contributed by atoms with Crippen molar-refractivity contribution in [2.75, 3.05) is 6.54 Å². The van der Waals surface area contributed by atoms with Gasteiger partial charge in [-0.3, -0.25) is 9.69 Å². The van der Waals surface area contributed by atoms with Crippen LogP contribution in [-0.4, -0.2) is 35.5 Å². The Kier molecular flexibility index (Phi) is 5.05. The summed E-state index contributed by atoms with van der Waals surface area (Å²) in [6.45, 7) is 7.86. The highest BCUT2D eigenvalue weighted by Crippen LogP contribution is 2.34. The van der Waals surface area contributed by atoms with Crippen LogP contribution in [0.4, 0.5) is 0 Å². The molecule has 1 aromatic rings. The van der Waals surface area contributed by atoms with E-state index in [1.807, 2.05) is 31.2 Å². The van der Waals surface area contributed by atoms with E-state index in [9.17, 15) is 4.79 Å². The molecule has 2 aliphatic rings. The number of rotatable bonds is 4. The lowest BCUT2D eigenvalue weighted by Gasteiger charge is -2.49. The number of hydrogen-bond acceptors (Lipinski definition) is 2. The number of fused-ring (bicyclic) bond motifs is 2. The molecule has 2 heterocycles. The van der Waals surface area contributed by atoms with Crippen LogP contribution in [0.3, 0.4) is 0 Å². The molecule has 126 valence electrons. The summed E-state index contributed by atoms with van der Waals surface area (Å²) < 4.78 is 0. The quantitative estimate of drug-likeness (QED) is 0.917. The fourth-order valence-corrected chi connectivity index (χ4v) is 4.29. The summed E-state index contributed by atoms with van der Waals surface area (Å²) in [6.07, 6.45) is 6.16. The lowest BCUT2D eigenvalue weighted by molar-refractivity contribution is 0.0158. The third-order valence-corrected chi connectivity index (χ3v) is 5.35. The first-order chi connectivity index (χ1) is 11.0. The Morgan fingerprint density at radius 3 is 2.35 bits per heavy atom. The van der Waals surface area contributed by atoms with Crippen LogP contribution >= 0.6 is 0 Å². The highest BCUT2D eigenvalue weighted by molar-refractivity contribution is 5.94. The first-order valence-electron chi connectivity index (χ1n) is 9.16. The van der Waals surface area contributed by atoms with Crippen molar-refractivity contribution < 1.29 is 4.79 Å². The molecule has 1 amide bonds. The number of carbonyl (C=O) groups is 1. The third-order valence-electron chi connectivity index (χ3n) is 5.35. The molecule has 3 rings (SSSR count). The zero-order valence-corrected chi connectivity index (χ0v) is 14.7. The van der Waals surface area contributed by atoms with Gasteiger partial charge in [0, 0.05) is 30.2 Å². The SMILES string of the molecule is Cc1ccc(C(=O)NC2CC3CCCC(C2)N3CC(C)C)cc1. The second kappa shape index (κ2) is 7.04. The fraction of sp³-hybridized carbons (Fsp3) is 0.650. The van der Waals surface area contributed by atoms with Gasteiger partial charge < -0.3 is 5.32 Å². The Morgan fingerprint density at radius 2 is 1.78 bits per heavy atom. The van der Waals surface area contributed by atoms with Crippen LogP contribution in [0.1, 0.15) is 61.9 Å². The van der Waals surface area contributed by atoms with Gasteiger partial charge in [-0.15, -0.1) is 0 Å². The summed E-state index contributed by atoms with van der Waals surface area (Å²) in [5.74, 6) is 0.808. The van der Waals surface area contributed by atoms with Gasteiger partial charge in [-0.2, -0.15) is 0 Å². The number of amides is 1. The maximum absolute atomic E-state index is 12.5. The van der Waals surface area contributed by atoms with E-state index in [2.05, 4.69) is 24.1 Å². The molecule has 23 heavy (non-hydrogen) atoms. The first-order valence-corrected chi connectivity index (χ1v) is 9.16. The molecule has 3 heteroatoms. The van der Waals surface area contributed by atoms with Crippen molar-refractivity contribution in [1.82, 2.24) is 10.2 Å². The Bertz CT molecular complexity index is 523. The van der Waals surface area contributed by atoms with Gasteiger partial charge in [-0.05, 0) is 50.7 Å². The Hall–Kier alpha value is -1.35. The minimum Gasteiger partial charge on any atom is -0.349 e. The summed E-state index contributed by atoms with van der Waals surface area (Å²) >= 11 is 0. The zero-order chi connectivity index (χ0) is 16.4. The summed E-state index contributed by atoms with van der Waals surface area (Å²) in [4.78, 5) is 15.2. The van der Waals surface area contributed by atoms with Gasteiger partial charge in [0.15, 0.2) is 0 Å². The molecule has 2 unspecified atom stereocenters. The van der Waals surface area contributed by atoms with E-state index in [4.69, 9.17) is 0 Å². The van der Waals surface area contributed by atoms with Crippen LogP contribution in [0.2, 0.25) is 0 Å². The highest BCUT2D eigenvalue weighted by Gasteiger charge is 2.38. The first kappa shape index (κ1) is 16.5. The number of benzene rings is 1. The molecule has 2 fully saturated rings. The van der Waals surface area contributed by atoms with Gasteiger partial charge in [0.1, 0.15) is 0 Å². The summed E-state index contributed by atoms with van der Waals surface area (Å²) in [5, 5.41) is 3.29. The molecule has 0 spiro atoms. The smallest absolute Gasteiger partial charge is 0.251 e. The van der Waals surface area contributed by atoms with E-state index >= 15 is 0 Å². The fourth-order valence-electron chi connectivity index (χ4n) is 4.29. The molecular weight excluding hydrogens is 284 g/mol. The lowest BCUT2D eigenvalue weighted by Crippen LogP contribution is -2.57. The number of piperidine rings is 2. The molecule has 2 aliphatic heterocycles. The topological polar surface area (TPSA) is 32.3 Å². The van der Waals surface area contributed by atoms with Gasteiger partial charge in [0.25, 0.3) is 5.91 Å². The van der Waals surface area contributed by atoms with E-state index in [-0.39, 0.29) is 5.91 Å². The Balaban J connectivity index is 1.62. The van der Waals surface area contributed by atoms with Crippen molar-refractivity contribution in [3.63, 3.8) is 0 Å². The van der Waals surface area contributed by atoms with E-state index in [1.54, 1.807) is 0 Å². The summed E-state index contributed by atoms with van der Waals surface area (Å²) in [5.41, 5.74) is 1.98. The average molecular weight is 314 g/mol. The lowest BCUT2D eigenvalue weighted by atomic mass is 9.81. The number of carbonyl (C=O) groups excluding carboxylic acids is 1. The second-order valence-corrected chi connectivity index (χ2v) is 7.84. The molecule has 3 nitrogen and oxygen atoms in total. The Morgan fingerprint density at radius 1 is 1.17 bits per heavy atom. The molecule has 2 saturated heterocycles. The molecule has 2 bridgehead atoms. The van der Waals surface area contributed by atoms with Gasteiger partial charge in [-0.1, -0.05) is 38.0 Å². The number of nitrogens with one attached hydrogen (secondary N) is 1. The Labute approximate surface area is 140 Å². The minimum absolute atomic E-state index is 0.0883. The van der Waals surface area contributed by atoms with Gasteiger partial charge in [0.05, 0.1) is 0 Å². The molecule has 0 saturated carbocycles. The van der Waals surface area contributed by atoms with Gasteiger partial charge in [0.2, 0.25) is 0 Å². The van der Waals surface area contributed by atoms with Crippen molar-refractivity contribution in [3.8, 4) is 0 Å². The monoisotopic (exact) mass is 314 g/mol. The number of nitrogens with zero attached hydrogens (tertiary/aromatic N) is 1. The van der Waals surface area contributed by atoms with Crippen molar-refractivity contribution in [1.29, 1.82) is 0 Å². The van der Waals surface area contributed by atoms with Crippen molar-refractivity contribution in [3.05, 3.63) is 35.4 Å². The van der Waals surface area contributed by atoms with Crippen LogP contribution in [0, 0.1) is 12.8 Å². The maximum atomic E-state index is 12.5. The van der Waals surface area contributed by atoms with Gasteiger partial charge >= 0.3 is 0 Å². The maximum Gasteiger partial charge on any atom is 0.251 e. The largest absolute Gasteiger partial charge is 0.349 e. The van der Waals surface area contributed by atoms with Crippen LogP contribution < -0.4 is 5.32 Å². The van der Waals surface area contributed by atoms with E-state index in [1.165, 1.54) is 31.4 Å². The molecule has 1 aromatic carbocycles. The number of aryl methyl sites for hydroxylation is 1. The van der Waals surface area contributed by atoms with Crippen LogP contribution in [-0.2, 0) is 0 Å². The summed E-state index contributed by atoms with van der Waals surface area (Å²) in [6, 6.07) is 9.53. The zero-order valence-electron chi connectivity index (χ0n) is 14.7. The molecule has 0 aliphatic carbocycles. The minimum atomic E-state index is 0.0883. The van der Waals surface area contributed by atoms with E-state index < -0.39 is 0 Å². The van der Waals surface area contributed by atoms with Crippen molar-refractivity contribution >= 4 is 5.91 Å². The standard InChI is InChI=1S/C20H30N2O/c1-14(2)13-22-18-5-4-6-19(22)12-17(11-18)21-20(23)16-9-7-15(3)8-10-16/h7-10,14,17-19H,4-6,11-13H2,1-3H3,(H,21,23). The predicted octanol–water partition coefficient (Wildman–Crippen LogP) is 3.77. The van der Waals surface area contributed by atoms with E-state index in [0.717, 1.165) is 24.3 Å². The molecule has 2 atom stereocenters. The van der Waals surface area contributed by atoms with Crippen LogP contribution in [0.15, 0.2) is 24.3 Å². The van der Waals surface area contributed by atoms with Crippen LogP contribution in [0.25, 0.3) is 0 Å². The van der Waals surface area contributed by atoms with E-state index in [0.29, 0.717) is 18.1 Å². The van der Waals surface area contributed by atoms with Crippen molar-refractivity contribution in [2.45, 2.75) is 71.0 Å². The molecule has 1 N–H and O–H groups in total. The predicted molar refractivity (Wildman–Crippen MR) is 94.6 cm³/mol. The van der Waals surface area contributed by atoms with Crippen LogP contribution in [0.5, 0.6) is 0 Å².